The van der Waals surface area contributed by atoms with E-state index in [9.17, 15) is 9.36 Å². The molecule has 0 rings (SSSR count). The van der Waals surface area contributed by atoms with Gasteiger partial charge in [0.2, 0.25) is 7.37 Å². The molecular formula is C7H15O3P. The Bertz CT molecular complexity index is 188. The molecule has 0 saturated heterocycles. The van der Waals surface area contributed by atoms with Gasteiger partial charge in [0.25, 0.3) is 0 Å². The zero-order valence-electron chi connectivity index (χ0n) is 7.46. The van der Waals surface area contributed by atoms with Gasteiger partial charge in [-0.2, -0.15) is 0 Å². The first-order valence-electron chi connectivity index (χ1n) is 3.64. The molecular weight excluding hydrogens is 163 g/mol. The van der Waals surface area contributed by atoms with E-state index in [2.05, 4.69) is 0 Å². The summed E-state index contributed by atoms with van der Waals surface area (Å²) in [6.07, 6.45) is 0. The van der Waals surface area contributed by atoms with Crippen molar-refractivity contribution in [3.63, 3.8) is 0 Å². The molecule has 0 radical (unpaired) electrons. The van der Waals surface area contributed by atoms with Crippen LogP contribution >= 0.6 is 7.37 Å². The average molecular weight is 178 g/mol. The van der Waals surface area contributed by atoms with E-state index < -0.39 is 13.0 Å². The molecule has 0 amide bonds. The summed E-state index contributed by atoms with van der Waals surface area (Å²) < 4.78 is 16.5. The number of carbonyl (C=O) groups is 1. The Kier molecular flexibility index (Phi) is 3.98. The molecule has 66 valence electrons. The second kappa shape index (κ2) is 4.03. The van der Waals surface area contributed by atoms with E-state index in [1.807, 2.05) is 0 Å². The van der Waals surface area contributed by atoms with Crippen LogP contribution in [0.2, 0.25) is 0 Å². The van der Waals surface area contributed by atoms with Gasteiger partial charge in [0, 0.05) is 6.66 Å². The van der Waals surface area contributed by atoms with Crippen LogP contribution in [-0.2, 0) is 13.9 Å². The largest absolute Gasteiger partial charge is 0.328 e. The lowest BCUT2D eigenvalue weighted by Crippen LogP contribution is -2.14. The SMILES string of the molecule is CCOP(C)(=O)C(C)C(C)=O. The quantitative estimate of drug-likeness (QED) is 0.617. The number of rotatable bonds is 4. The fraction of sp³-hybridized carbons (Fsp3) is 0.857. The lowest BCUT2D eigenvalue weighted by atomic mass is 10.3. The Morgan fingerprint density at radius 1 is 1.64 bits per heavy atom. The number of ketones is 1. The van der Waals surface area contributed by atoms with Crippen molar-refractivity contribution < 1.29 is 13.9 Å². The van der Waals surface area contributed by atoms with Crippen LogP contribution in [0.3, 0.4) is 0 Å². The van der Waals surface area contributed by atoms with E-state index in [4.69, 9.17) is 4.52 Å². The summed E-state index contributed by atoms with van der Waals surface area (Å²) in [6.45, 7) is 6.73. The Balaban J connectivity index is 4.30. The molecule has 2 atom stereocenters. The van der Waals surface area contributed by atoms with Crippen LogP contribution in [0.5, 0.6) is 0 Å². The number of carbonyl (C=O) groups excluding carboxylic acids is 1. The third kappa shape index (κ3) is 3.17. The van der Waals surface area contributed by atoms with E-state index in [-0.39, 0.29) is 5.78 Å². The predicted octanol–water partition coefficient (Wildman–Crippen LogP) is 1.91. The van der Waals surface area contributed by atoms with Crippen molar-refractivity contribution in [1.29, 1.82) is 0 Å². The van der Waals surface area contributed by atoms with Crippen LogP contribution < -0.4 is 0 Å². The van der Waals surface area contributed by atoms with Crippen molar-refractivity contribution in [3.8, 4) is 0 Å². The van der Waals surface area contributed by atoms with Gasteiger partial charge >= 0.3 is 0 Å². The molecule has 2 unspecified atom stereocenters. The highest BCUT2D eigenvalue weighted by atomic mass is 31.2. The molecule has 0 N–H and O–H groups in total. The first kappa shape index (κ1) is 10.9. The van der Waals surface area contributed by atoms with Crippen molar-refractivity contribution in [3.05, 3.63) is 0 Å². The molecule has 0 bridgehead atoms. The first-order valence-corrected chi connectivity index (χ1v) is 5.78. The molecule has 4 heteroatoms. The fourth-order valence-electron chi connectivity index (χ4n) is 0.698. The van der Waals surface area contributed by atoms with Gasteiger partial charge in [-0.05, 0) is 20.8 Å². The van der Waals surface area contributed by atoms with Crippen LogP contribution in [-0.4, -0.2) is 24.7 Å². The van der Waals surface area contributed by atoms with Crippen molar-refractivity contribution >= 4 is 13.2 Å². The van der Waals surface area contributed by atoms with Crippen LogP contribution in [0.4, 0.5) is 0 Å². The molecule has 0 fully saturated rings. The molecule has 0 spiro atoms. The molecule has 0 aromatic carbocycles. The Morgan fingerprint density at radius 3 is 2.36 bits per heavy atom. The van der Waals surface area contributed by atoms with Crippen molar-refractivity contribution in [2.75, 3.05) is 13.3 Å². The summed E-state index contributed by atoms with van der Waals surface area (Å²) in [7, 11) is -2.69. The monoisotopic (exact) mass is 178 g/mol. The summed E-state index contributed by atoms with van der Waals surface area (Å²) >= 11 is 0. The predicted molar refractivity (Wildman–Crippen MR) is 45.3 cm³/mol. The second-order valence-electron chi connectivity index (χ2n) is 2.61. The maximum atomic E-state index is 11.5. The van der Waals surface area contributed by atoms with Crippen LogP contribution in [0, 0.1) is 0 Å². The summed E-state index contributed by atoms with van der Waals surface area (Å²) in [5.41, 5.74) is -0.470. The number of hydrogen-bond acceptors (Lipinski definition) is 3. The second-order valence-corrected chi connectivity index (χ2v) is 5.46. The lowest BCUT2D eigenvalue weighted by molar-refractivity contribution is -0.116. The van der Waals surface area contributed by atoms with Gasteiger partial charge in [-0.15, -0.1) is 0 Å². The molecule has 0 aromatic heterocycles. The third-order valence-electron chi connectivity index (χ3n) is 1.68. The zero-order chi connectivity index (χ0) is 9.07. The van der Waals surface area contributed by atoms with Crippen molar-refractivity contribution in [2.24, 2.45) is 0 Å². The molecule has 0 aliphatic heterocycles. The Morgan fingerprint density at radius 2 is 2.09 bits per heavy atom. The van der Waals surface area contributed by atoms with Crippen LogP contribution in [0.15, 0.2) is 0 Å². The highest BCUT2D eigenvalue weighted by Crippen LogP contribution is 2.47. The van der Waals surface area contributed by atoms with E-state index in [0.717, 1.165) is 0 Å². The topological polar surface area (TPSA) is 43.4 Å². The molecule has 0 aliphatic carbocycles. The van der Waals surface area contributed by atoms with Crippen LogP contribution in [0.25, 0.3) is 0 Å². The van der Waals surface area contributed by atoms with Crippen molar-refractivity contribution in [1.82, 2.24) is 0 Å². The van der Waals surface area contributed by atoms with Gasteiger partial charge in [0.15, 0.2) is 0 Å². The summed E-state index contributed by atoms with van der Waals surface area (Å²) in [5, 5.41) is 0. The van der Waals surface area contributed by atoms with E-state index in [1.54, 1.807) is 13.8 Å². The van der Waals surface area contributed by atoms with E-state index in [1.165, 1.54) is 13.6 Å². The summed E-state index contributed by atoms with van der Waals surface area (Å²) in [6, 6.07) is 0. The third-order valence-corrected chi connectivity index (χ3v) is 4.22. The molecule has 0 aliphatic rings. The van der Waals surface area contributed by atoms with Crippen molar-refractivity contribution in [2.45, 2.75) is 26.4 Å². The highest BCUT2D eigenvalue weighted by molar-refractivity contribution is 7.59. The Hall–Kier alpha value is -0.140. The molecule has 0 aromatic rings. The maximum absolute atomic E-state index is 11.5. The standard InChI is InChI=1S/C7H15O3P/c1-5-10-11(4,9)7(3)6(2)8/h7H,5H2,1-4H3. The minimum atomic E-state index is -2.69. The van der Waals surface area contributed by atoms with Gasteiger partial charge < -0.3 is 4.52 Å². The number of Topliss-reactive ketones (excluding diaryl/α,β-unsaturated/α-hetero) is 1. The van der Waals surface area contributed by atoms with Gasteiger partial charge in [0.05, 0.1) is 12.3 Å². The van der Waals surface area contributed by atoms with E-state index in [0.29, 0.717) is 6.61 Å². The average Bonchev–Trinajstić information content (AvgIpc) is 1.86. The smallest absolute Gasteiger partial charge is 0.210 e. The van der Waals surface area contributed by atoms with Gasteiger partial charge in [0.1, 0.15) is 5.78 Å². The van der Waals surface area contributed by atoms with E-state index >= 15 is 0 Å². The molecule has 3 nitrogen and oxygen atoms in total. The molecule has 0 heterocycles. The fourth-order valence-corrected chi connectivity index (χ4v) is 2.10. The Labute approximate surface area is 67.6 Å². The van der Waals surface area contributed by atoms with Gasteiger partial charge in [-0.25, -0.2) is 0 Å². The minimum absolute atomic E-state index is 0.0794. The molecule has 0 saturated carbocycles. The summed E-state index contributed by atoms with van der Waals surface area (Å²) in [4.78, 5) is 10.8. The molecule has 11 heavy (non-hydrogen) atoms. The van der Waals surface area contributed by atoms with Gasteiger partial charge in [-0.1, -0.05) is 0 Å². The van der Waals surface area contributed by atoms with Gasteiger partial charge in [-0.3, -0.25) is 9.36 Å². The highest BCUT2D eigenvalue weighted by Gasteiger charge is 2.27. The zero-order valence-corrected chi connectivity index (χ0v) is 8.35. The van der Waals surface area contributed by atoms with Crippen LogP contribution in [0.1, 0.15) is 20.8 Å². The summed E-state index contributed by atoms with van der Waals surface area (Å²) in [5.74, 6) is -0.0794. The lowest BCUT2D eigenvalue weighted by Gasteiger charge is -2.17. The number of hydrogen-bond donors (Lipinski definition) is 0. The normalized spacial score (nSPS) is 18.9. The first-order chi connectivity index (χ1) is 4.91. The minimum Gasteiger partial charge on any atom is -0.328 e. The maximum Gasteiger partial charge on any atom is 0.210 e.